The lowest BCUT2D eigenvalue weighted by Crippen LogP contribution is -2.46. The summed E-state index contributed by atoms with van der Waals surface area (Å²) < 4.78 is 19.1. The van der Waals surface area contributed by atoms with Crippen molar-refractivity contribution in [3.05, 3.63) is 0 Å². The fourth-order valence-electron chi connectivity index (χ4n) is 2.42. The molecule has 0 aromatic carbocycles. The first-order chi connectivity index (χ1) is 11.0. The SMILES string of the molecule is CC(C)(C)[Si](C)(C)O[C@H]1COC(O[Si](C)(C)C)[C@H]1CC#C[Si](C)(C)C. The van der Waals surface area contributed by atoms with Gasteiger partial charge in [0.2, 0.25) is 0 Å². The van der Waals surface area contributed by atoms with Crippen molar-refractivity contribution in [2.24, 2.45) is 5.92 Å². The Bertz CT molecular complexity index is 501. The largest absolute Gasteiger partial charge is 0.411 e. The second kappa shape index (κ2) is 7.99. The molecule has 0 aromatic rings. The minimum atomic E-state index is -1.84. The van der Waals surface area contributed by atoms with Gasteiger partial charge in [-0.05, 0) is 37.8 Å². The van der Waals surface area contributed by atoms with Crippen LogP contribution in [0.5, 0.6) is 0 Å². The first-order valence-corrected chi connectivity index (χ1v) is 19.3. The summed E-state index contributed by atoms with van der Waals surface area (Å²) in [4.78, 5) is 0. The lowest BCUT2D eigenvalue weighted by molar-refractivity contribution is -0.0670. The maximum absolute atomic E-state index is 6.70. The lowest BCUT2D eigenvalue weighted by Gasteiger charge is -2.39. The molecule has 146 valence electrons. The molecule has 3 nitrogen and oxygen atoms in total. The van der Waals surface area contributed by atoms with Gasteiger partial charge in [-0.3, -0.25) is 0 Å². The van der Waals surface area contributed by atoms with Gasteiger partial charge in [0.25, 0.3) is 0 Å². The second-order valence-corrected chi connectivity index (χ2v) is 24.7. The molecule has 25 heavy (non-hydrogen) atoms. The van der Waals surface area contributed by atoms with Gasteiger partial charge in [-0.1, -0.05) is 40.4 Å². The third-order valence-electron chi connectivity index (χ3n) is 4.77. The normalized spacial score (nSPS) is 25.6. The van der Waals surface area contributed by atoms with Crippen molar-refractivity contribution in [1.29, 1.82) is 0 Å². The van der Waals surface area contributed by atoms with E-state index < -0.39 is 24.7 Å². The van der Waals surface area contributed by atoms with Crippen LogP contribution in [0.1, 0.15) is 27.2 Å². The fourth-order valence-corrected chi connectivity index (χ4v) is 5.35. The Morgan fingerprint density at radius 3 is 1.96 bits per heavy atom. The minimum Gasteiger partial charge on any atom is -0.411 e. The van der Waals surface area contributed by atoms with E-state index in [0.29, 0.717) is 6.61 Å². The van der Waals surface area contributed by atoms with Gasteiger partial charge in [0.05, 0.1) is 12.7 Å². The average molecular weight is 401 g/mol. The molecule has 1 rings (SSSR count). The second-order valence-electron chi connectivity index (χ2n) is 10.8. The van der Waals surface area contributed by atoms with Gasteiger partial charge >= 0.3 is 0 Å². The third-order valence-corrected chi connectivity index (χ3v) is 11.1. The highest BCUT2D eigenvalue weighted by molar-refractivity contribution is 6.83. The van der Waals surface area contributed by atoms with E-state index in [1.165, 1.54) is 0 Å². The molecule has 1 unspecified atom stereocenters. The van der Waals surface area contributed by atoms with Crippen LogP contribution in [0.15, 0.2) is 0 Å². The molecule has 6 heteroatoms. The minimum absolute atomic E-state index is 0.0955. The van der Waals surface area contributed by atoms with E-state index in [-0.39, 0.29) is 23.4 Å². The zero-order chi connectivity index (χ0) is 19.7. The van der Waals surface area contributed by atoms with Crippen LogP contribution in [0.4, 0.5) is 0 Å². The van der Waals surface area contributed by atoms with E-state index in [1.807, 2.05) is 0 Å². The summed E-state index contributed by atoms with van der Waals surface area (Å²) in [6.45, 7) is 25.6. The summed E-state index contributed by atoms with van der Waals surface area (Å²) >= 11 is 0. The van der Waals surface area contributed by atoms with Crippen LogP contribution in [0.25, 0.3) is 0 Å². The molecule has 1 fully saturated rings. The summed E-state index contributed by atoms with van der Waals surface area (Å²) in [6.07, 6.45) is 0.731. The molecule has 1 aliphatic heterocycles. The summed E-state index contributed by atoms with van der Waals surface area (Å²) in [5.41, 5.74) is 3.49. The van der Waals surface area contributed by atoms with Gasteiger partial charge in [-0.15, -0.1) is 11.5 Å². The Hall–Kier alpha value is 0.0906. The van der Waals surface area contributed by atoms with E-state index >= 15 is 0 Å². The molecule has 0 aliphatic carbocycles. The molecular formula is C19H40O3Si3. The predicted octanol–water partition coefficient (Wildman–Crippen LogP) is 5.47. The Balaban J connectivity index is 2.96. The highest BCUT2D eigenvalue weighted by Crippen LogP contribution is 2.40. The summed E-state index contributed by atoms with van der Waals surface area (Å²) in [5, 5.41) is 0.194. The molecule has 3 atom stereocenters. The van der Waals surface area contributed by atoms with E-state index in [9.17, 15) is 0 Å². The quantitative estimate of drug-likeness (QED) is 0.452. The highest BCUT2D eigenvalue weighted by Gasteiger charge is 2.46. The Morgan fingerprint density at radius 1 is 0.960 bits per heavy atom. The lowest BCUT2D eigenvalue weighted by atomic mass is 10.0. The van der Waals surface area contributed by atoms with Crippen molar-refractivity contribution in [2.45, 2.75) is 97.0 Å². The van der Waals surface area contributed by atoms with Crippen molar-refractivity contribution < 1.29 is 13.6 Å². The van der Waals surface area contributed by atoms with Gasteiger partial charge in [0, 0.05) is 12.3 Å². The molecule has 0 saturated carbocycles. The van der Waals surface area contributed by atoms with Crippen molar-refractivity contribution in [2.75, 3.05) is 6.61 Å². The maximum Gasteiger partial charge on any atom is 0.192 e. The molecule has 0 aromatic heterocycles. The number of ether oxygens (including phenoxy) is 1. The molecule has 0 spiro atoms. The van der Waals surface area contributed by atoms with E-state index in [4.69, 9.17) is 13.6 Å². The molecule has 0 bridgehead atoms. The van der Waals surface area contributed by atoms with Crippen LogP contribution in [0.3, 0.4) is 0 Å². The number of hydrogen-bond donors (Lipinski definition) is 0. The number of rotatable bonds is 5. The van der Waals surface area contributed by atoms with Gasteiger partial charge in [0.15, 0.2) is 22.9 Å². The van der Waals surface area contributed by atoms with Crippen LogP contribution in [0, 0.1) is 17.4 Å². The molecule has 0 amide bonds. The fraction of sp³-hybridized carbons (Fsp3) is 0.895. The standard InChI is InChI=1S/C19H40O3Si3/c1-19(2,3)25(10,11)21-17-15-20-18(22-24(7,8)9)16(17)13-12-14-23(4,5)6/h16-18H,13,15H2,1-11H3/t16-,17-,18?/m0/s1. The zero-order valence-electron chi connectivity index (χ0n) is 18.4. The van der Waals surface area contributed by atoms with Crippen molar-refractivity contribution in [3.8, 4) is 11.5 Å². The maximum atomic E-state index is 6.70. The predicted molar refractivity (Wildman–Crippen MR) is 115 cm³/mol. The van der Waals surface area contributed by atoms with Gasteiger partial charge in [-0.25, -0.2) is 0 Å². The zero-order valence-corrected chi connectivity index (χ0v) is 21.4. The van der Waals surface area contributed by atoms with E-state index in [2.05, 4.69) is 84.6 Å². The smallest absolute Gasteiger partial charge is 0.192 e. The Labute approximate surface area is 159 Å². The van der Waals surface area contributed by atoms with Crippen molar-refractivity contribution in [3.63, 3.8) is 0 Å². The number of hydrogen-bond acceptors (Lipinski definition) is 3. The average Bonchev–Trinajstić information content (AvgIpc) is 2.66. The molecule has 0 radical (unpaired) electrons. The van der Waals surface area contributed by atoms with Gasteiger partial charge < -0.3 is 13.6 Å². The van der Waals surface area contributed by atoms with Gasteiger partial charge in [-0.2, -0.15) is 0 Å². The summed E-state index contributed by atoms with van der Waals surface area (Å²) in [7, 11) is -4.88. The van der Waals surface area contributed by atoms with Gasteiger partial charge in [0.1, 0.15) is 8.07 Å². The molecule has 1 heterocycles. The summed E-state index contributed by atoms with van der Waals surface area (Å²) in [5.74, 6) is 3.65. The monoisotopic (exact) mass is 400 g/mol. The first-order valence-electron chi connectivity index (χ1n) is 9.49. The van der Waals surface area contributed by atoms with Crippen molar-refractivity contribution in [1.82, 2.24) is 0 Å². The van der Waals surface area contributed by atoms with E-state index in [1.54, 1.807) is 0 Å². The molecule has 1 saturated heterocycles. The Kier molecular flexibility index (Phi) is 7.39. The van der Waals surface area contributed by atoms with Crippen molar-refractivity contribution >= 4 is 24.7 Å². The van der Waals surface area contributed by atoms with Crippen LogP contribution >= 0.6 is 0 Å². The molecule has 0 N–H and O–H groups in total. The highest BCUT2D eigenvalue weighted by atomic mass is 28.4. The van der Waals surface area contributed by atoms with Crippen LogP contribution in [-0.4, -0.2) is 43.7 Å². The first kappa shape index (κ1) is 23.1. The third kappa shape index (κ3) is 7.69. The topological polar surface area (TPSA) is 27.7 Å². The Morgan fingerprint density at radius 2 is 1.52 bits per heavy atom. The molecular weight excluding hydrogens is 360 g/mol. The molecule has 1 aliphatic rings. The summed E-state index contributed by atoms with van der Waals surface area (Å²) in [6, 6.07) is 0. The van der Waals surface area contributed by atoms with Crippen LogP contribution < -0.4 is 0 Å². The van der Waals surface area contributed by atoms with E-state index in [0.717, 1.165) is 6.42 Å². The van der Waals surface area contributed by atoms with Crippen LogP contribution in [0.2, 0.25) is 57.4 Å². The van der Waals surface area contributed by atoms with Crippen LogP contribution in [-0.2, 0) is 13.6 Å².